The predicted octanol–water partition coefficient (Wildman–Crippen LogP) is 2.97. The molecule has 0 aliphatic carbocycles. The Morgan fingerprint density at radius 2 is 2.00 bits per heavy atom. The zero-order valence-corrected chi connectivity index (χ0v) is 17.3. The van der Waals surface area contributed by atoms with Crippen LogP contribution < -0.4 is 4.90 Å². The van der Waals surface area contributed by atoms with Crippen molar-refractivity contribution in [3.05, 3.63) is 35.5 Å². The van der Waals surface area contributed by atoms with Crippen LogP contribution in [0.3, 0.4) is 0 Å². The molecule has 152 valence electrons. The molecule has 1 aliphatic heterocycles. The lowest BCUT2D eigenvalue weighted by Crippen LogP contribution is -2.42. The Balaban J connectivity index is 1.82. The number of hydrogen-bond donors (Lipinski definition) is 1. The van der Waals surface area contributed by atoms with Gasteiger partial charge in [-0.15, -0.1) is 0 Å². The van der Waals surface area contributed by atoms with E-state index in [1.165, 1.54) is 0 Å². The van der Waals surface area contributed by atoms with E-state index in [9.17, 15) is 5.11 Å². The number of nitrogens with zero attached hydrogens (tertiary/aromatic N) is 6. The number of rotatable bonds is 4. The first kappa shape index (κ1) is 19.4. The van der Waals surface area contributed by atoms with E-state index in [1.807, 2.05) is 20.8 Å². The topological polar surface area (TPSA) is 101 Å². The zero-order chi connectivity index (χ0) is 20.5. The molecule has 0 spiro atoms. The first-order valence-corrected chi connectivity index (χ1v) is 10.0. The molecule has 3 aromatic rings. The Labute approximate surface area is 170 Å². The third-order valence-corrected chi connectivity index (χ3v) is 5.53. The van der Waals surface area contributed by atoms with E-state index < -0.39 is 0 Å². The molecule has 4 heterocycles. The first-order valence-electron chi connectivity index (χ1n) is 10.0. The van der Waals surface area contributed by atoms with E-state index in [-0.39, 0.29) is 12.0 Å². The quantitative estimate of drug-likeness (QED) is 0.721. The molecule has 8 nitrogen and oxygen atoms in total. The molecule has 0 amide bonds. The van der Waals surface area contributed by atoms with Crippen molar-refractivity contribution in [2.45, 2.75) is 46.6 Å². The van der Waals surface area contributed by atoms with Gasteiger partial charge in [0.05, 0.1) is 29.3 Å². The summed E-state index contributed by atoms with van der Waals surface area (Å²) in [4.78, 5) is 20.5. The number of aliphatic hydroxyl groups excluding tert-OH is 1. The number of hydrogen-bond acceptors (Lipinski definition) is 8. The van der Waals surface area contributed by atoms with Crippen LogP contribution in [-0.4, -0.2) is 49.4 Å². The standard InChI is InChI=1S/C21H26N6O2/c1-5-15-14(4)26-29-20(15)16-9-24-21(27-7-6-18(28)12(2)11-27)25-19(16)17-10-22-13(3)8-23-17/h8-10,12,18,28H,5-7,11H2,1-4H3/t12-,18-/m0/s1. The average molecular weight is 394 g/mol. The summed E-state index contributed by atoms with van der Waals surface area (Å²) in [6.45, 7) is 9.38. The van der Waals surface area contributed by atoms with Crippen LogP contribution in [0.25, 0.3) is 22.7 Å². The third kappa shape index (κ3) is 3.72. The molecule has 3 aromatic heterocycles. The minimum Gasteiger partial charge on any atom is -0.393 e. The van der Waals surface area contributed by atoms with Crippen molar-refractivity contribution in [2.75, 3.05) is 18.0 Å². The van der Waals surface area contributed by atoms with Gasteiger partial charge in [-0.25, -0.2) is 9.97 Å². The molecule has 0 bridgehead atoms. The van der Waals surface area contributed by atoms with Gasteiger partial charge in [-0.2, -0.15) is 0 Å². The summed E-state index contributed by atoms with van der Waals surface area (Å²) in [5.74, 6) is 1.47. The first-order chi connectivity index (χ1) is 14.0. The van der Waals surface area contributed by atoms with Crippen LogP contribution in [0.4, 0.5) is 5.95 Å². The van der Waals surface area contributed by atoms with Crippen molar-refractivity contribution in [3.8, 4) is 22.7 Å². The van der Waals surface area contributed by atoms with Crippen molar-refractivity contribution in [2.24, 2.45) is 5.92 Å². The van der Waals surface area contributed by atoms with Gasteiger partial charge in [-0.1, -0.05) is 19.0 Å². The molecule has 0 radical (unpaired) electrons. The minimum atomic E-state index is -0.280. The van der Waals surface area contributed by atoms with E-state index in [4.69, 9.17) is 9.51 Å². The average Bonchev–Trinajstić information content (AvgIpc) is 3.10. The highest BCUT2D eigenvalue weighted by Gasteiger charge is 2.27. The third-order valence-electron chi connectivity index (χ3n) is 5.53. The molecule has 0 saturated carbocycles. The van der Waals surface area contributed by atoms with E-state index >= 15 is 0 Å². The van der Waals surface area contributed by atoms with E-state index in [1.54, 1.807) is 18.6 Å². The van der Waals surface area contributed by atoms with Gasteiger partial charge in [0.15, 0.2) is 5.76 Å². The number of aryl methyl sites for hydroxylation is 2. The summed E-state index contributed by atoms with van der Waals surface area (Å²) in [6.07, 6.45) is 6.46. The van der Waals surface area contributed by atoms with Gasteiger partial charge >= 0.3 is 0 Å². The molecule has 1 saturated heterocycles. The molecular formula is C21H26N6O2. The highest BCUT2D eigenvalue weighted by Crippen LogP contribution is 2.34. The van der Waals surface area contributed by atoms with Gasteiger partial charge < -0.3 is 14.5 Å². The predicted molar refractivity (Wildman–Crippen MR) is 109 cm³/mol. The second kappa shape index (κ2) is 7.87. The van der Waals surface area contributed by atoms with Crippen LogP contribution in [-0.2, 0) is 6.42 Å². The summed E-state index contributed by atoms with van der Waals surface area (Å²) in [5.41, 5.74) is 4.84. The maximum Gasteiger partial charge on any atom is 0.225 e. The van der Waals surface area contributed by atoms with Crippen LogP contribution in [0.5, 0.6) is 0 Å². The van der Waals surface area contributed by atoms with Crippen LogP contribution in [0.1, 0.15) is 37.2 Å². The van der Waals surface area contributed by atoms with E-state index in [2.05, 4.69) is 31.9 Å². The lowest BCUT2D eigenvalue weighted by atomic mass is 9.97. The van der Waals surface area contributed by atoms with Crippen molar-refractivity contribution in [3.63, 3.8) is 0 Å². The van der Waals surface area contributed by atoms with Gasteiger partial charge in [0.2, 0.25) is 5.95 Å². The normalized spacial score (nSPS) is 19.6. The molecule has 4 rings (SSSR count). The van der Waals surface area contributed by atoms with Crippen LogP contribution in [0.2, 0.25) is 0 Å². The Morgan fingerprint density at radius 1 is 1.17 bits per heavy atom. The fourth-order valence-electron chi connectivity index (χ4n) is 3.73. The van der Waals surface area contributed by atoms with Gasteiger partial charge in [-0.3, -0.25) is 9.97 Å². The second-order valence-electron chi connectivity index (χ2n) is 7.68. The van der Waals surface area contributed by atoms with Crippen molar-refractivity contribution >= 4 is 5.95 Å². The number of piperidine rings is 1. The number of aliphatic hydroxyl groups is 1. The SMILES string of the molecule is CCc1c(C)noc1-c1cnc(N2CC[C@H](O)[C@@H](C)C2)nc1-c1cnc(C)cn1. The van der Waals surface area contributed by atoms with Gasteiger partial charge in [-0.05, 0) is 32.6 Å². The van der Waals surface area contributed by atoms with Crippen LogP contribution in [0.15, 0.2) is 23.1 Å². The maximum atomic E-state index is 10.0. The van der Waals surface area contributed by atoms with Crippen molar-refractivity contribution < 1.29 is 9.63 Å². The fourth-order valence-corrected chi connectivity index (χ4v) is 3.73. The van der Waals surface area contributed by atoms with Crippen LogP contribution >= 0.6 is 0 Å². The highest BCUT2D eigenvalue weighted by atomic mass is 16.5. The van der Waals surface area contributed by atoms with Crippen molar-refractivity contribution in [1.29, 1.82) is 0 Å². The van der Waals surface area contributed by atoms with Crippen LogP contribution in [0, 0.1) is 19.8 Å². The Hall–Kier alpha value is -2.87. The molecule has 8 heteroatoms. The van der Waals surface area contributed by atoms with Gasteiger partial charge in [0, 0.05) is 31.0 Å². The Bertz CT molecular complexity index is 1000. The molecule has 0 unspecified atom stereocenters. The molecule has 29 heavy (non-hydrogen) atoms. The minimum absolute atomic E-state index is 0.165. The van der Waals surface area contributed by atoms with Gasteiger partial charge in [0.1, 0.15) is 11.4 Å². The Kier molecular flexibility index (Phi) is 5.27. The van der Waals surface area contributed by atoms with Gasteiger partial charge in [0.25, 0.3) is 0 Å². The monoisotopic (exact) mass is 394 g/mol. The second-order valence-corrected chi connectivity index (χ2v) is 7.68. The fraction of sp³-hybridized carbons (Fsp3) is 0.476. The summed E-state index contributed by atoms with van der Waals surface area (Å²) in [7, 11) is 0. The summed E-state index contributed by atoms with van der Waals surface area (Å²) in [5, 5.41) is 14.2. The number of anilines is 1. The van der Waals surface area contributed by atoms with E-state index in [0.29, 0.717) is 42.6 Å². The summed E-state index contributed by atoms with van der Waals surface area (Å²) in [6, 6.07) is 0. The van der Waals surface area contributed by atoms with E-state index in [0.717, 1.165) is 28.9 Å². The highest BCUT2D eigenvalue weighted by molar-refractivity contribution is 5.78. The maximum absolute atomic E-state index is 10.0. The molecular weight excluding hydrogens is 368 g/mol. The summed E-state index contributed by atoms with van der Waals surface area (Å²) < 4.78 is 5.65. The molecule has 2 atom stereocenters. The van der Waals surface area contributed by atoms with Crippen molar-refractivity contribution in [1.82, 2.24) is 25.1 Å². The molecule has 0 aromatic carbocycles. The Morgan fingerprint density at radius 3 is 2.69 bits per heavy atom. The molecule has 1 aliphatic rings. The summed E-state index contributed by atoms with van der Waals surface area (Å²) >= 11 is 0. The zero-order valence-electron chi connectivity index (χ0n) is 17.3. The lowest BCUT2D eigenvalue weighted by molar-refractivity contribution is 0.0966. The molecule has 1 fully saturated rings. The smallest absolute Gasteiger partial charge is 0.225 e. The lowest BCUT2D eigenvalue weighted by Gasteiger charge is -2.34. The molecule has 1 N–H and O–H groups in total. The number of aromatic nitrogens is 5. The largest absolute Gasteiger partial charge is 0.393 e.